The standard InChI is InChI=1S/C12H13NO3/c1-12(2,3)7-4-5-9-8(6-7)10(14)13-11(15)16-9/h4-6H,1-3H3,(H,13,14,15). The summed E-state index contributed by atoms with van der Waals surface area (Å²) in [5.41, 5.74) is 0.898. The van der Waals surface area contributed by atoms with Crippen molar-refractivity contribution in [1.82, 2.24) is 4.98 Å². The molecule has 4 heteroatoms. The fourth-order valence-corrected chi connectivity index (χ4v) is 1.55. The van der Waals surface area contributed by atoms with E-state index in [0.29, 0.717) is 11.0 Å². The number of aromatic amines is 1. The van der Waals surface area contributed by atoms with Crippen LogP contribution in [0.2, 0.25) is 0 Å². The highest BCUT2D eigenvalue weighted by Gasteiger charge is 2.15. The number of fused-ring (bicyclic) bond motifs is 1. The Morgan fingerprint density at radius 2 is 1.88 bits per heavy atom. The van der Waals surface area contributed by atoms with Gasteiger partial charge in [0.05, 0.1) is 5.39 Å². The van der Waals surface area contributed by atoms with Gasteiger partial charge in [-0.05, 0) is 23.1 Å². The summed E-state index contributed by atoms with van der Waals surface area (Å²) in [7, 11) is 0. The van der Waals surface area contributed by atoms with Crippen molar-refractivity contribution < 1.29 is 4.42 Å². The summed E-state index contributed by atoms with van der Waals surface area (Å²) in [5.74, 6) is -0.721. The zero-order valence-corrected chi connectivity index (χ0v) is 9.46. The van der Waals surface area contributed by atoms with Gasteiger partial charge in [-0.2, -0.15) is 0 Å². The maximum absolute atomic E-state index is 11.6. The zero-order chi connectivity index (χ0) is 11.9. The number of H-pyrrole nitrogens is 1. The lowest BCUT2D eigenvalue weighted by molar-refractivity contribution is 0.527. The molecule has 0 saturated carbocycles. The van der Waals surface area contributed by atoms with Crippen LogP contribution in [0.3, 0.4) is 0 Å². The number of aromatic nitrogens is 1. The molecule has 0 aliphatic carbocycles. The Morgan fingerprint density at radius 1 is 1.19 bits per heavy atom. The third-order valence-electron chi connectivity index (χ3n) is 2.51. The van der Waals surface area contributed by atoms with E-state index in [1.165, 1.54) is 0 Å². The van der Waals surface area contributed by atoms with Gasteiger partial charge in [0.2, 0.25) is 0 Å². The molecule has 0 unspecified atom stereocenters. The first-order valence-electron chi connectivity index (χ1n) is 5.05. The quantitative estimate of drug-likeness (QED) is 0.734. The molecular weight excluding hydrogens is 206 g/mol. The second kappa shape index (κ2) is 3.33. The van der Waals surface area contributed by atoms with Crippen molar-refractivity contribution >= 4 is 11.0 Å². The van der Waals surface area contributed by atoms with E-state index in [0.717, 1.165) is 5.56 Å². The Balaban J connectivity index is 2.82. The average Bonchev–Trinajstić information content (AvgIpc) is 2.15. The maximum Gasteiger partial charge on any atom is 0.419 e. The molecule has 0 radical (unpaired) electrons. The average molecular weight is 219 g/mol. The fraction of sp³-hybridized carbons (Fsp3) is 0.333. The Kier molecular flexibility index (Phi) is 2.22. The number of nitrogens with one attached hydrogen (secondary N) is 1. The van der Waals surface area contributed by atoms with Crippen LogP contribution >= 0.6 is 0 Å². The van der Waals surface area contributed by atoms with Gasteiger partial charge in [-0.15, -0.1) is 0 Å². The predicted molar refractivity (Wildman–Crippen MR) is 61.8 cm³/mol. The summed E-state index contributed by atoms with van der Waals surface area (Å²) in [6.45, 7) is 6.17. The molecule has 2 aromatic rings. The highest BCUT2D eigenvalue weighted by atomic mass is 16.4. The molecule has 0 amide bonds. The highest BCUT2D eigenvalue weighted by molar-refractivity contribution is 5.76. The topological polar surface area (TPSA) is 63.1 Å². The van der Waals surface area contributed by atoms with Crippen LogP contribution in [0.5, 0.6) is 0 Å². The zero-order valence-electron chi connectivity index (χ0n) is 9.46. The summed E-state index contributed by atoms with van der Waals surface area (Å²) >= 11 is 0. The van der Waals surface area contributed by atoms with E-state index in [2.05, 4.69) is 25.8 Å². The minimum atomic E-state index is -0.721. The predicted octanol–water partition coefficient (Wildman–Crippen LogP) is 1.78. The summed E-state index contributed by atoms with van der Waals surface area (Å²) in [6.07, 6.45) is 0. The molecule has 0 saturated heterocycles. The van der Waals surface area contributed by atoms with E-state index < -0.39 is 11.3 Å². The van der Waals surface area contributed by atoms with Gasteiger partial charge in [-0.25, -0.2) is 4.79 Å². The van der Waals surface area contributed by atoms with Gasteiger partial charge in [0.15, 0.2) is 0 Å². The van der Waals surface area contributed by atoms with E-state index in [1.807, 2.05) is 6.07 Å². The van der Waals surface area contributed by atoms with Crippen LogP contribution < -0.4 is 11.3 Å². The van der Waals surface area contributed by atoms with Crippen molar-refractivity contribution in [2.75, 3.05) is 0 Å². The molecule has 16 heavy (non-hydrogen) atoms. The first-order chi connectivity index (χ1) is 7.38. The number of hydrogen-bond donors (Lipinski definition) is 1. The van der Waals surface area contributed by atoms with Crippen LogP contribution in [-0.2, 0) is 5.41 Å². The molecule has 0 fully saturated rings. The molecule has 0 spiro atoms. The third-order valence-corrected chi connectivity index (χ3v) is 2.51. The van der Waals surface area contributed by atoms with Crippen LogP contribution in [0, 0.1) is 0 Å². The van der Waals surface area contributed by atoms with Gasteiger partial charge >= 0.3 is 5.76 Å². The number of rotatable bonds is 0. The summed E-state index contributed by atoms with van der Waals surface area (Å²) in [6, 6.07) is 5.29. The second-order valence-electron chi connectivity index (χ2n) is 4.80. The SMILES string of the molecule is CC(C)(C)c1ccc2oc(=O)[nH]c(=O)c2c1. The van der Waals surface area contributed by atoms with E-state index in [4.69, 9.17) is 4.42 Å². The summed E-state index contributed by atoms with van der Waals surface area (Å²) in [5, 5.41) is 0.409. The molecule has 0 aliphatic rings. The lowest BCUT2D eigenvalue weighted by Crippen LogP contribution is -2.19. The highest BCUT2D eigenvalue weighted by Crippen LogP contribution is 2.24. The van der Waals surface area contributed by atoms with E-state index in [9.17, 15) is 9.59 Å². The normalized spacial score (nSPS) is 11.9. The van der Waals surface area contributed by atoms with Crippen LogP contribution in [0.15, 0.2) is 32.2 Å². The molecule has 0 aliphatic heterocycles. The lowest BCUT2D eigenvalue weighted by Gasteiger charge is -2.18. The first kappa shape index (κ1) is 10.7. The molecule has 1 aromatic carbocycles. The van der Waals surface area contributed by atoms with Gasteiger partial charge in [-0.1, -0.05) is 26.8 Å². The smallest absolute Gasteiger partial charge is 0.409 e. The third kappa shape index (κ3) is 1.78. The van der Waals surface area contributed by atoms with Crippen molar-refractivity contribution in [3.8, 4) is 0 Å². The van der Waals surface area contributed by atoms with Crippen LogP contribution in [0.1, 0.15) is 26.3 Å². The van der Waals surface area contributed by atoms with Gasteiger partial charge < -0.3 is 4.42 Å². The van der Waals surface area contributed by atoms with E-state index in [-0.39, 0.29) is 5.41 Å². The minimum Gasteiger partial charge on any atom is -0.409 e. The van der Waals surface area contributed by atoms with E-state index >= 15 is 0 Å². The van der Waals surface area contributed by atoms with Gasteiger partial charge in [0, 0.05) is 0 Å². The van der Waals surface area contributed by atoms with Crippen molar-refractivity contribution in [1.29, 1.82) is 0 Å². The van der Waals surface area contributed by atoms with Gasteiger partial charge in [0.1, 0.15) is 5.58 Å². The Morgan fingerprint density at radius 3 is 2.50 bits per heavy atom. The lowest BCUT2D eigenvalue weighted by atomic mass is 9.86. The number of benzene rings is 1. The van der Waals surface area contributed by atoms with Crippen molar-refractivity contribution in [3.05, 3.63) is 44.7 Å². The van der Waals surface area contributed by atoms with Crippen molar-refractivity contribution in [2.45, 2.75) is 26.2 Å². The van der Waals surface area contributed by atoms with Crippen LogP contribution in [-0.4, -0.2) is 4.98 Å². The molecule has 0 bridgehead atoms. The first-order valence-corrected chi connectivity index (χ1v) is 5.05. The monoisotopic (exact) mass is 219 g/mol. The Labute approximate surface area is 91.9 Å². The minimum absolute atomic E-state index is 0.0449. The molecule has 1 heterocycles. The Bertz CT molecular complexity index is 644. The molecular formula is C12H13NO3. The van der Waals surface area contributed by atoms with E-state index in [1.54, 1.807) is 12.1 Å². The van der Waals surface area contributed by atoms with Crippen molar-refractivity contribution in [3.63, 3.8) is 0 Å². The largest absolute Gasteiger partial charge is 0.419 e. The summed E-state index contributed by atoms with van der Waals surface area (Å²) < 4.78 is 4.90. The molecule has 1 aromatic heterocycles. The molecule has 2 rings (SSSR count). The summed E-state index contributed by atoms with van der Waals surface area (Å²) in [4.78, 5) is 24.6. The molecule has 0 atom stereocenters. The molecule has 1 N–H and O–H groups in total. The maximum atomic E-state index is 11.6. The number of hydrogen-bond acceptors (Lipinski definition) is 3. The molecule has 84 valence electrons. The fourth-order valence-electron chi connectivity index (χ4n) is 1.55. The van der Waals surface area contributed by atoms with Gasteiger partial charge in [0.25, 0.3) is 5.56 Å². The van der Waals surface area contributed by atoms with Crippen molar-refractivity contribution in [2.24, 2.45) is 0 Å². The molecule has 4 nitrogen and oxygen atoms in total. The van der Waals surface area contributed by atoms with Crippen LogP contribution in [0.25, 0.3) is 11.0 Å². The van der Waals surface area contributed by atoms with Crippen LogP contribution in [0.4, 0.5) is 0 Å². The Hall–Kier alpha value is -1.84. The van der Waals surface area contributed by atoms with Gasteiger partial charge in [-0.3, -0.25) is 9.78 Å². The second-order valence-corrected chi connectivity index (χ2v) is 4.80.